The number of benzene rings is 1. The van der Waals surface area contributed by atoms with Crippen LogP contribution in [-0.2, 0) is 6.42 Å². The summed E-state index contributed by atoms with van der Waals surface area (Å²) in [6.45, 7) is 4.03. The molecule has 0 atom stereocenters. The van der Waals surface area contributed by atoms with Gasteiger partial charge < -0.3 is 4.42 Å². The quantitative estimate of drug-likeness (QED) is 0.397. The van der Waals surface area contributed by atoms with E-state index < -0.39 is 0 Å². The van der Waals surface area contributed by atoms with Gasteiger partial charge in [0.05, 0.1) is 23.4 Å². The zero-order valence-electron chi connectivity index (χ0n) is 17.5. The first kappa shape index (κ1) is 20.1. The number of carbonyl (C=O) groups is 1. The fraction of sp³-hybridized carbons (Fsp3) is 0.174. The second-order valence-electron chi connectivity index (χ2n) is 7.57. The zero-order valence-corrected chi connectivity index (χ0v) is 18.3. The third-order valence-corrected chi connectivity index (χ3v) is 5.80. The molecule has 8 nitrogen and oxygen atoms in total. The van der Waals surface area contributed by atoms with Gasteiger partial charge in [0, 0.05) is 12.5 Å². The number of hydrogen-bond acceptors (Lipinski definition) is 7. The number of nitrogens with one attached hydrogen (secondary N) is 1. The van der Waals surface area contributed by atoms with E-state index in [0.29, 0.717) is 39.6 Å². The normalized spacial score (nSPS) is 11.3. The van der Waals surface area contributed by atoms with E-state index >= 15 is 0 Å². The highest BCUT2D eigenvalue weighted by molar-refractivity contribution is 7.15. The molecule has 1 amide bonds. The number of anilines is 1. The van der Waals surface area contributed by atoms with Gasteiger partial charge in [0.1, 0.15) is 10.7 Å². The van der Waals surface area contributed by atoms with Crippen LogP contribution in [0.15, 0.2) is 65.4 Å². The largest absolute Gasteiger partial charge is 0.463 e. The third kappa shape index (κ3) is 3.90. The molecule has 0 spiro atoms. The molecule has 5 aromatic rings. The summed E-state index contributed by atoms with van der Waals surface area (Å²) in [6.07, 6.45) is 3.91. The Bertz CT molecular complexity index is 1370. The summed E-state index contributed by atoms with van der Waals surface area (Å²) in [5.74, 6) is 0.287. The van der Waals surface area contributed by atoms with Crippen molar-refractivity contribution < 1.29 is 9.21 Å². The molecule has 9 heteroatoms. The number of carbonyl (C=O) groups excluding carboxylic acids is 1. The molecule has 4 aromatic heterocycles. The van der Waals surface area contributed by atoms with Crippen molar-refractivity contribution in [2.24, 2.45) is 0 Å². The number of fused-ring (bicyclic) bond motifs is 1. The Morgan fingerprint density at radius 3 is 2.75 bits per heavy atom. The molecule has 0 radical (unpaired) electrons. The molecular formula is C23H20N6O2S. The van der Waals surface area contributed by atoms with Gasteiger partial charge in [-0.25, -0.2) is 9.67 Å². The predicted molar refractivity (Wildman–Crippen MR) is 123 cm³/mol. The fourth-order valence-corrected chi connectivity index (χ4v) is 4.21. The van der Waals surface area contributed by atoms with Crippen LogP contribution in [0.4, 0.5) is 5.13 Å². The summed E-state index contributed by atoms with van der Waals surface area (Å²) in [5.41, 5.74) is 2.79. The molecule has 5 rings (SSSR count). The summed E-state index contributed by atoms with van der Waals surface area (Å²) >= 11 is 1.36. The van der Waals surface area contributed by atoms with Crippen LogP contribution in [0.1, 0.15) is 40.8 Å². The lowest BCUT2D eigenvalue weighted by atomic mass is 10.1. The van der Waals surface area contributed by atoms with Crippen molar-refractivity contribution in [1.29, 1.82) is 0 Å². The molecule has 0 bridgehead atoms. The van der Waals surface area contributed by atoms with Crippen LogP contribution in [0.3, 0.4) is 0 Å². The van der Waals surface area contributed by atoms with E-state index in [4.69, 9.17) is 9.40 Å². The van der Waals surface area contributed by atoms with Crippen LogP contribution in [-0.4, -0.2) is 30.9 Å². The molecular weight excluding hydrogens is 424 g/mol. The Morgan fingerprint density at radius 2 is 2.00 bits per heavy atom. The van der Waals surface area contributed by atoms with Gasteiger partial charge in [-0.1, -0.05) is 41.7 Å². The Labute approximate surface area is 187 Å². The van der Waals surface area contributed by atoms with Gasteiger partial charge in [-0.3, -0.25) is 10.1 Å². The van der Waals surface area contributed by atoms with Crippen molar-refractivity contribution in [3.05, 3.63) is 77.1 Å². The zero-order chi connectivity index (χ0) is 22.1. The first-order valence-corrected chi connectivity index (χ1v) is 11.0. The highest BCUT2D eigenvalue weighted by Gasteiger charge is 2.20. The summed E-state index contributed by atoms with van der Waals surface area (Å²) in [7, 11) is 0. The Morgan fingerprint density at radius 1 is 1.16 bits per heavy atom. The summed E-state index contributed by atoms with van der Waals surface area (Å²) < 4.78 is 7.31. The third-order valence-electron chi connectivity index (χ3n) is 4.96. The first-order valence-electron chi connectivity index (χ1n) is 10.2. The van der Waals surface area contributed by atoms with E-state index in [1.807, 2.05) is 50.2 Å². The standard InChI is InChI=1S/C23H20N6O2S/c1-14(2)29-21-17(13-24-29)16(12-18(25-21)19-9-6-10-31-19)22(30)26-23-28-27-20(32-23)11-15-7-4-3-5-8-15/h3-10,12-14H,11H2,1-2H3,(H,26,28,30). The van der Waals surface area contributed by atoms with E-state index in [2.05, 4.69) is 20.6 Å². The minimum absolute atomic E-state index is 0.0893. The number of hydrogen-bond donors (Lipinski definition) is 1. The van der Waals surface area contributed by atoms with Gasteiger partial charge >= 0.3 is 0 Å². The second kappa shape index (κ2) is 8.35. The molecule has 0 unspecified atom stereocenters. The summed E-state index contributed by atoms with van der Waals surface area (Å²) in [5, 5.41) is 17.6. The van der Waals surface area contributed by atoms with E-state index in [1.54, 1.807) is 29.3 Å². The lowest BCUT2D eigenvalue weighted by molar-refractivity contribution is 0.102. The van der Waals surface area contributed by atoms with Crippen molar-refractivity contribution in [2.45, 2.75) is 26.3 Å². The predicted octanol–water partition coefficient (Wildman–Crippen LogP) is 4.97. The molecule has 160 valence electrons. The number of furan rings is 1. The van der Waals surface area contributed by atoms with Crippen molar-refractivity contribution in [2.75, 3.05) is 5.32 Å². The SMILES string of the molecule is CC(C)n1ncc2c(C(=O)Nc3nnc(Cc4ccccc4)s3)cc(-c3ccco3)nc21. The maximum atomic E-state index is 13.2. The van der Waals surface area contributed by atoms with E-state index in [0.717, 1.165) is 10.6 Å². The maximum absolute atomic E-state index is 13.2. The Balaban J connectivity index is 1.47. The van der Waals surface area contributed by atoms with Crippen LogP contribution in [0.25, 0.3) is 22.5 Å². The Kier molecular flexibility index (Phi) is 5.24. The molecule has 0 saturated heterocycles. The van der Waals surface area contributed by atoms with Gasteiger partial charge in [0.2, 0.25) is 5.13 Å². The fourth-order valence-electron chi connectivity index (χ4n) is 3.44. The Hall–Kier alpha value is -3.85. The average molecular weight is 445 g/mol. The van der Waals surface area contributed by atoms with Crippen molar-refractivity contribution in [1.82, 2.24) is 25.0 Å². The highest BCUT2D eigenvalue weighted by atomic mass is 32.1. The molecule has 0 aliphatic rings. The minimum atomic E-state index is -0.295. The lowest BCUT2D eigenvalue weighted by Crippen LogP contribution is -2.13. The van der Waals surface area contributed by atoms with Crippen molar-refractivity contribution in [3.63, 3.8) is 0 Å². The van der Waals surface area contributed by atoms with E-state index in [1.165, 1.54) is 11.3 Å². The maximum Gasteiger partial charge on any atom is 0.258 e. The lowest BCUT2D eigenvalue weighted by Gasteiger charge is -2.09. The van der Waals surface area contributed by atoms with Crippen LogP contribution in [0.2, 0.25) is 0 Å². The van der Waals surface area contributed by atoms with E-state index in [9.17, 15) is 4.79 Å². The number of rotatable bonds is 6. The highest BCUT2D eigenvalue weighted by Crippen LogP contribution is 2.28. The van der Waals surface area contributed by atoms with Crippen LogP contribution >= 0.6 is 11.3 Å². The molecule has 4 heterocycles. The van der Waals surface area contributed by atoms with E-state index in [-0.39, 0.29) is 11.9 Å². The monoisotopic (exact) mass is 444 g/mol. The number of pyridine rings is 1. The molecule has 1 aromatic carbocycles. The summed E-state index contributed by atoms with van der Waals surface area (Å²) in [4.78, 5) is 17.9. The molecule has 0 aliphatic carbocycles. The van der Waals surface area contributed by atoms with Crippen LogP contribution < -0.4 is 5.32 Å². The van der Waals surface area contributed by atoms with Crippen molar-refractivity contribution in [3.8, 4) is 11.5 Å². The topological polar surface area (TPSA) is 98.7 Å². The van der Waals surface area contributed by atoms with Crippen molar-refractivity contribution >= 4 is 33.4 Å². The number of nitrogens with zero attached hydrogens (tertiary/aromatic N) is 5. The van der Waals surface area contributed by atoms with Crippen LogP contribution in [0, 0.1) is 0 Å². The van der Waals surface area contributed by atoms with Gasteiger partial charge in [-0.05, 0) is 37.6 Å². The molecule has 0 saturated carbocycles. The second-order valence-corrected chi connectivity index (χ2v) is 8.63. The molecule has 0 fully saturated rings. The molecule has 32 heavy (non-hydrogen) atoms. The smallest absolute Gasteiger partial charge is 0.258 e. The molecule has 0 aliphatic heterocycles. The van der Waals surface area contributed by atoms with Crippen LogP contribution in [0.5, 0.6) is 0 Å². The van der Waals surface area contributed by atoms with Gasteiger partial charge in [0.15, 0.2) is 11.4 Å². The summed E-state index contributed by atoms with van der Waals surface area (Å²) in [6, 6.07) is 15.4. The number of aromatic nitrogens is 5. The van der Waals surface area contributed by atoms with Gasteiger partial charge in [0.25, 0.3) is 5.91 Å². The first-order chi connectivity index (χ1) is 15.6. The number of amides is 1. The average Bonchev–Trinajstić information content (AvgIpc) is 3.54. The minimum Gasteiger partial charge on any atom is -0.463 e. The van der Waals surface area contributed by atoms with Gasteiger partial charge in [-0.15, -0.1) is 10.2 Å². The van der Waals surface area contributed by atoms with Gasteiger partial charge in [-0.2, -0.15) is 5.10 Å². The molecule has 1 N–H and O–H groups in total.